The maximum absolute atomic E-state index is 14.9. The number of furan rings is 1. The van der Waals surface area contributed by atoms with Crippen molar-refractivity contribution >= 4 is 43.3 Å². The van der Waals surface area contributed by atoms with Gasteiger partial charge in [-0.3, -0.25) is 0 Å². The summed E-state index contributed by atoms with van der Waals surface area (Å²) in [5.41, 5.74) is 4.94. The van der Waals surface area contributed by atoms with E-state index < -0.39 is 10.0 Å². The molecule has 0 aliphatic carbocycles. The lowest BCUT2D eigenvalue weighted by molar-refractivity contribution is 0.628. The molecule has 0 atom stereocenters. The number of nitrogens with one attached hydrogen (secondary N) is 1. The van der Waals surface area contributed by atoms with Gasteiger partial charge in [0.05, 0.1) is 5.69 Å². The third-order valence-electron chi connectivity index (χ3n) is 8.46. The Morgan fingerprint density at radius 3 is 1.63 bits per heavy atom. The first kappa shape index (κ1) is 27.9. The van der Waals surface area contributed by atoms with Gasteiger partial charge in [0.1, 0.15) is 11.4 Å². The van der Waals surface area contributed by atoms with Gasteiger partial charge in [0, 0.05) is 41.6 Å². The molecule has 1 aromatic heterocycles. The Kier molecular flexibility index (Phi) is 7.13. The normalized spacial score (nSPS) is 11.9. The van der Waals surface area contributed by atoms with E-state index in [1.807, 2.05) is 30.3 Å². The Bertz CT molecular complexity index is 2180. The van der Waals surface area contributed by atoms with Gasteiger partial charge in [-0.05, 0) is 84.4 Å². The highest BCUT2D eigenvalue weighted by molar-refractivity contribution is 8.34. The quantitative estimate of drug-likeness (QED) is 0.193. The second-order valence-electron chi connectivity index (χ2n) is 11.2. The first-order valence-electron chi connectivity index (χ1n) is 15.3. The predicted molar refractivity (Wildman–Crippen MR) is 189 cm³/mol. The molecule has 0 bridgehead atoms. The fraction of sp³-hybridized carbons (Fsp3) is 0. The number of anilines is 2. The Balaban J connectivity index is 1.26. The van der Waals surface area contributed by atoms with Crippen molar-refractivity contribution in [2.24, 2.45) is 0 Å². The van der Waals surface area contributed by atoms with Crippen molar-refractivity contribution in [3.8, 4) is 11.1 Å². The van der Waals surface area contributed by atoms with Crippen molar-refractivity contribution < 1.29 is 8.81 Å². The molecule has 7 aromatic carbocycles. The molecule has 0 radical (unpaired) electrons. The fourth-order valence-electron chi connectivity index (χ4n) is 6.38. The molecule has 0 saturated heterocycles. The summed E-state index contributed by atoms with van der Waals surface area (Å²) in [6.45, 7) is 0. The number of hydrogen-bond donors (Lipinski definition) is 1. The van der Waals surface area contributed by atoms with Crippen LogP contribution in [0.3, 0.4) is 0 Å². The van der Waals surface area contributed by atoms with Crippen molar-refractivity contribution in [1.29, 1.82) is 0 Å². The van der Waals surface area contributed by atoms with Gasteiger partial charge in [0.2, 0.25) is 0 Å². The van der Waals surface area contributed by atoms with E-state index in [1.165, 1.54) is 25.6 Å². The molecule has 222 valence electrons. The van der Waals surface area contributed by atoms with Crippen LogP contribution in [0.2, 0.25) is 0 Å². The first-order valence-corrected chi connectivity index (χ1v) is 16.9. The average Bonchev–Trinajstić information content (AvgIpc) is 3.51. The fourth-order valence-corrected chi connectivity index (χ4v) is 10.3. The van der Waals surface area contributed by atoms with E-state index in [2.05, 4.69) is 133 Å². The summed E-state index contributed by atoms with van der Waals surface area (Å²) in [5, 5.41) is 5.67. The van der Waals surface area contributed by atoms with Crippen LogP contribution in [0.1, 0.15) is 0 Å². The van der Waals surface area contributed by atoms with Crippen LogP contribution in [0.15, 0.2) is 200 Å². The maximum Gasteiger partial charge on any atom is 0.158 e. The number of benzene rings is 7. The van der Waals surface area contributed by atoms with Crippen LogP contribution in [-0.2, 0) is 0 Å². The molecule has 8 aromatic rings. The number of halogens is 1. The van der Waals surface area contributed by atoms with Gasteiger partial charge in [-0.15, -0.1) is 10.0 Å². The predicted octanol–water partition coefficient (Wildman–Crippen LogP) is 12.5. The lowest BCUT2D eigenvalue weighted by Gasteiger charge is -2.42. The molecule has 0 aliphatic rings. The van der Waals surface area contributed by atoms with Crippen LogP contribution in [-0.4, -0.2) is 0 Å². The number of rotatable bonds is 7. The van der Waals surface area contributed by atoms with Gasteiger partial charge >= 0.3 is 0 Å². The summed E-state index contributed by atoms with van der Waals surface area (Å²) < 4.78 is 21.1. The Labute approximate surface area is 269 Å². The van der Waals surface area contributed by atoms with E-state index in [9.17, 15) is 4.39 Å². The van der Waals surface area contributed by atoms with E-state index in [4.69, 9.17) is 4.42 Å². The zero-order valence-corrected chi connectivity index (χ0v) is 25.8. The number of para-hydroxylation sites is 2. The van der Waals surface area contributed by atoms with Crippen LogP contribution in [0.25, 0.3) is 33.1 Å². The zero-order chi connectivity index (χ0) is 30.9. The molecule has 2 nitrogen and oxygen atoms in total. The van der Waals surface area contributed by atoms with Gasteiger partial charge in [0.15, 0.2) is 5.58 Å². The molecular weight excluding hydrogens is 586 g/mol. The lowest BCUT2D eigenvalue weighted by atomic mass is 10.0. The Morgan fingerprint density at radius 2 is 1.00 bits per heavy atom. The van der Waals surface area contributed by atoms with Gasteiger partial charge in [-0.25, -0.2) is 4.39 Å². The van der Waals surface area contributed by atoms with Gasteiger partial charge in [0.25, 0.3) is 0 Å². The van der Waals surface area contributed by atoms with E-state index in [0.717, 1.165) is 44.4 Å². The van der Waals surface area contributed by atoms with E-state index in [1.54, 1.807) is 12.1 Å². The second kappa shape index (κ2) is 11.7. The van der Waals surface area contributed by atoms with Crippen molar-refractivity contribution in [3.05, 3.63) is 182 Å². The van der Waals surface area contributed by atoms with Crippen LogP contribution in [0.4, 0.5) is 15.8 Å². The van der Waals surface area contributed by atoms with E-state index in [-0.39, 0.29) is 5.82 Å². The molecule has 1 N–H and O–H groups in total. The minimum Gasteiger partial charge on any atom is -0.454 e. The largest absolute Gasteiger partial charge is 0.454 e. The molecular formula is C42H30FNOS. The lowest BCUT2D eigenvalue weighted by Crippen LogP contribution is -2.05. The zero-order valence-electron chi connectivity index (χ0n) is 24.9. The third-order valence-corrected chi connectivity index (χ3v) is 12.4. The SMILES string of the molecule is Fc1ccc(Nc2cccc3c2oc2ccccc23)c(-c2ccc(S(c3ccccc3)(c3ccccc3)c3ccccc3)cc2)c1. The van der Waals surface area contributed by atoms with Crippen LogP contribution < -0.4 is 5.32 Å². The van der Waals surface area contributed by atoms with Gasteiger partial charge in [-0.2, -0.15) is 0 Å². The number of hydrogen-bond acceptors (Lipinski definition) is 2. The first-order chi connectivity index (χ1) is 22.7. The van der Waals surface area contributed by atoms with Gasteiger partial charge < -0.3 is 9.73 Å². The summed E-state index contributed by atoms with van der Waals surface area (Å²) in [6, 6.07) is 60.0. The van der Waals surface area contributed by atoms with Gasteiger partial charge in [-0.1, -0.05) is 97.1 Å². The van der Waals surface area contributed by atoms with Crippen molar-refractivity contribution in [2.75, 3.05) is 5.32 Å². The maximum atomic E-state index is 14.9. The molecule has 0 fully saturated rings. The summed E-state index contributed by atoms with van der Waals surface area (Å²) in [5.74, 6) is -0.288. The Hall–Kier alpha value is -5.58. The van der Waals surface area contributed by atoms with Crippen LogP contribution in [0.5, 0.6) is 0 Å². The van der Waals surface area contributed by atoms with Crippen LogP contribution >= 0.6 is 10.0 Å². The molecule has 0 aliphatic heterocycles. The van der Waals surface area contributed by atoms with Crippen molar-refractivity contribution in [3.63, 3.8) is 0 Å². The molecule has 1 heterocycles. The molecule has 4 heteroatoms. The van der Waals surface area contributed by atoms with Crippen LogP contribution in [0, 0.1) is 5.82 Å². The minimum atomic E-state index is -1.82. The third kappa shape index (κ3) is 4.75. The molecule has 0 spiro atoms. The highest BCUT2D eigenvalue weighted by Gasteiger charge is 2.33. The molecule has 0 amide bonds. The summed E-state index contributed by atoms with van der Waals surface area (Å²) in [7, 11) is -1.82. The summed E-state index contributed by atoms with van der Waals surface area (Å²) >= 11 is 0. The minimum absolute atomic E-state index is 0.288. The highest BCUT2D eigenvalue weighted by Crippen LogP contribution is 2.73. The number of fused-ring (bicyclic) bond motifs is 3. The average molecular weight is 616 g/mol. The van der Waals surface area contributed by atoms with E-state index >= 15 is 0 Å². The molecule has 8 rings (SSSR count). The smallest absolute Gasteiger partial charge is 0.158 e. The monoisotopic (exact) mass is 615 g/mol. The van der Waals surface area contributed by atoms with Crippen molar-refractivity contribution in [2.45, 2.75) is 19.6 Å². The topological polar surface area (TPSA) is 25.2 Å². The molecule has 0 saturated carbocycles. The van der Waals surface area contributed by atoms with E-state index in [0.29, 0.717) is 0 Å². The van der Waals surface area contributed by atoms with Crippen molar-refractivity contribution in [1.82, 2.24) is 0 Å². The summed E-state index contributed by atoms with van der Waals surface area (Å²) in [6.07, 6.45) is 0. The standard InChI is InChI=1S/C42H30FNOS/c43-31-25-28-39(44-40-21-12-20-37-36-19-10-11-22-41(36)45-42(37)40)38(29-31)30-23-26-35(27-24-30)46(32-13-4-1-5-14-32,33-15-6-2-7-16-33)34-17-8-3-9-18-34/h1-29,44H. The Morgan fingerprint density at radius 1 is 0.457 bits per heavy atom. The molecule has 0 unspecified atom stereocenters. The highest BCUT2D eigenvalue weighted by atomic mass is 32.3. The second-order valence-corrected chi connectivity index (χ2v) is 14.3. The summed E-state index contributed by atoms with van der Waals surface area (Å²) in [4.78, 5) is 4.98. The molecule has 46 heavy (non-hydrogen) atoms.